The van der Waals surface area contributed by atoms with Crippen molar-refractivity contribution in [2.75, 3.05) is 0 Å². The predicted molar refractivity (Wildman–Crippen MR) is 64.8 cm³/mol. The molecule has 0 amide bonds. The third-order valence-corrected chi connectivity index (χ3v) is 3.28. The maximum absolute atomic E-state index is 2.32. The summed E-state index contributed by atoms with van der Waals surface area (Å²) in [5, 5.41) is 0. The van der Waals surface area contributed by atoms with Gasteiger partial charge in [-0.3, -0.25) is 0 Å². The maximum Gasteiger partial charge on any atom is 0.0278 e. The summed E-state index contributed by atoms with van der Waals surface area (Å²) in [6.45, 7) is 2.21. The van der Waals surface area contributed by atoms with Crippen LogP contribution in [-0.2, 0) is 6.42 Å². The van der Waals surface area contributed by atoms with Gasteiger partial charge in [0.05, 0.1) is 0 Å². The van der Waals surface area contributed by atoms with E-state index in [0.717, 1.165) is 6.42 Å². The lowest BCUT2D eigenvalue weighted by molar-refractivity contribution is 1.04. The standard InChI is InChI=1S/C15H14/c1-2-11-7-8-15-13(9-11)10-12-5-3-4-6-14(12)15/h3-10,14H,2H2,1H3. The quantitative estimate of drug-likeness (QED) is 0.637. The molecule has 2 aliphatic carbocycles. The van der Waals surface area contributed by atoms with Gasteiger partial charge in [0.15, 0.2) is 0 Å². The average molecular weight is 194 g/mol. The van der Waals surface area contributed by atoms with Gasteiger partial charge in [-0.15, -0.1) is 0 Å². The van der Waals surface area contributed by atoms with Crippen molar-refractivity contribution in [2.45, 2.75) is 19.3 Å². The molecule has 0 saturated heterocycles. The summed E-state index contributed by atoms with van der Waals surface area (Å²) in [6.07, 6.45) is 12.2. The molecule has 0 heteroatoms. The first-order valence-corrected chi connectivity index (χ1v) is 5.58. The van der Waals surface area contributed by atoms with E-state index in [1.54, 1.807) is 0 Å². The molecule has 0 aromatic heterocycles. The van der Waals surface area contributed by atoms with Crippen molar-refractivity contribution >= 4 is 6.08 Å². The molecule has 1 aromatic rings. The SMILES string of the molecule is CCc1ccc2c(c1)C=C1C=CC=CC12. The smallest absolute Gasteiger partial charge is 0.0278 e. The van der Waals surface area contributed by atoms with Crippen LogP contribution in [0.4, 0.5) is 0 Å². The maximum atomic E-state index is 2.32. The van der Waals surface area contributed by atoms with Crippen LogP contribution in [0.5, 0.6) is 0 Å². The Balaban J connectivity index is 2.13. The second kappa shape index (κ2) is 3.23. The fourth-order valence-corrected chi connectivity index (χ4v) is 2.41. The van der Waals surface area contributed by atoms with Crippen molar-refractivity contribution < 1.29 is 0 Å². The van der Waals surface area contributed by atoms with Gasteiger partial charge in [0.2, 0.25) is 0 Å². The molecule has 0 aliphatic heterocycles. The van der Waals surface area contributed by atoms with E-state index in [1.807, 2.05) is 0 Å². The second-order valence-corrected chi connectivity index (χ2v) is 4.18. The number of allylic oxidation sites excluding steroid dienone is 5. The minimum Gasteiger partial charge on any atom is -0.0726 e. The van der Waals surface area contributed by atoms with Crippen LogP contribution in [-0.4, -0.2) is 0 Å². The van der Waals surface area contributed by atoms with Crippen LogP contribution in [0.1, 0.15) is 29.5 Å². The highest BCUT2D eigenvalue weighted by Gasteiger charge is 2.22. The van der Waals surface area contributed by atoms with Gasteiger partial charge in [0.25, 0.3) is 0 Å². The Labute approximate surface area is 90.6 Å². The Kier molecular flexibility index (Phi) is 1.88. The van der Waals surface area contributed by atoms with Crippen molar-refractivity contribution in [3.63, 3.8) is 0 Å². The van der Waals surface area contributed by atoms with E-state index < -0.39 is 0 Å². The van der Waals surface area contributed by atoms with Crippen LogP contribution < -0.4 is 0 Å². The van der Waals surface area contributed by atoms with E-state index in [-0.39, 0.29) is 0 Å². The fourth-order valence-electron chi connectivity index (χ4n) is 2.41. The molecule has 1 atom stereocenters. The molecule has 15 heavy (non-hydrogen) atoms. The number of benzene rings is 1. The van der Waals surface area contributed by atoms with Crippen LogP contribution >= 0.6 is 0 Å². The zero-order chi connectivity index (χ0) is 10.3. The molecular weight excluding hydrogens is 180 g/mol. The van der Waals surface area contributed by atoms with Crippen LogP contribution in [0, 0.1) is 0 Å². The molecule has 0 nitrogen and oxygen atoms in total. The van der Waals surface area contributed by atoms with Gasteiger partial charge in [-0.2, -0.15) is 0 Å². The van der Waals surface area contributed by atoms with Crippen molar-refractivity contribution in [1.82, 2.24) is 0 Å². The Morgan fingerprint density at radius 2 is 2.13 bits per heavy atom. The lowest BCUT2D eigenvalue weighted by atomic mass is 9.92. The van der Waals surface area contributed by atoms with Gasteiger partial charge in [-0.05, 0) is 28.7 Å². The molecule has 0 radical (unpaired) electrons. The Bertz CT molecular complexity index is 487. The molecule has 0 spiro atoms. The zero-order valence-electron chi connectivity index (χ0n) is 8.90. The molecule has 0 heterocycles. The van der Waals surface area contributed by atoms with Gasteiger partial charge in [0, 0.05) is 5.92 Å². The molecule has 2 aliphatic rings. The van der Waals surface area contributed by atoms with Crippen LogP contribution in [0.2, 0.25) is 0 Å². The third-order valence-electron chi connectivity index (χ3n) is 3.28. The van der Waals surface area contributed by atoms with Crippen molar-refractivity contribution in [1.29, 1.82) is 0 Å². The van der Waals surface area contributed by atoms with E-state index >= 15 is 0 Å². The van der Waals surface area contributed by atoms with Gasteiger partial charge in [0.1, 0.15) is 0 Å². The summed E-state index contributed by atoms with van der Waals surface area (Å²) < 4.78 is 0. The van der Waals surface area contributed by atoms with Gasteiger partial charge in [-0.1, -0.05) is 55.5 Å². The number of hydrogen-bond acceptors (Lipinski definition) is 0. The first kappa shape index (κ1) is 8.72. The fraction of sp³-hybridized carbons (Fsp3) is 0.200. The largest absolute Gasteiger partial charge is 0.0726 e. The van der Waals surface area contributed by atoms with Crippen LogP contribution in [0.15, 0.2) is 48.1 Å². The van der Waals surface area contributed by atoms with Crippen molar-refractivity contribution in [2.24, 2.45) is 0 Å². The highest BCUT2D eigenvalue weighted by Crippen LogP contribution is 2.39. The normalized spacial score (nSPS) is 21.1. The molecule has 0 saturated carbocycles. The van der Waals surface area contributed by atoms with E-state index in [2.05, 4.69) is 55.5 Å². The van der Waals surface area contributed by atoms with Gasteiger partial charge < -0.3 is 0 Å². The zero-order valence-corrected chi connectivity index (χ0v) is 8.90. The number of rotatable bonds is 1. The van der Waals surface area contributed by atoms with E-state index in [9.17, 15) is 0 Å². The molecule has 0 N–H and O–H groups in total. The second-order valence-electron chi connectivity index (χ2n) is 4.18. The number of hydrogen-bond donors (Lipinski definition) is 0. The summed E-state index contributed by atoms with van der Waals surface area (Å²) in [7, 11) is 0. The Morgan fingerprint density at radius 3 is 3.00 bits per heavy atom. The first-order valence-electron chi connectivity index (χ1n) is 5.58. The highest BCUT2D eigenvalue weighted by molar-refractivity contribution is 5.72. The highest BCUT2D eigenvalue weighted by atomic mass is 14.3. The minimum atomic E-state index is 0.510. The molecule has 0 bridgehead atoms. The lowest BCUT2D eigenvalue weighted by Crippen LogP contribution is -1.96. The summed E-state index contributed by atoms with van der Waals surface area (Å²) >= 11 is 0. The van der Waals surface area contributed by atoms with Crippen LogP contribution in [0.3, 0.4) is 0 Å². The predicted octanol–water partition coefficient (Wildman–Crippen LogP) is 3.86. The first-order chi connectivity index (χ1) is 7.38. The molecular formula is C15H14. The molecule has 1 aromatic carbocycles. The van der Waals surface area contributed by atoms with Crippen molar-refractivity contribution in [3.8, 4) is 0 Å². The summed E-state index contributed by atoms with van der Waals surface area (Å²) in [4.78, 5) is 0. The third kappa shape index (κ3) is 1.29. The monoisotopic (exact) mass is 194 g/mol. The number of fused-ring (bicyclic) bond motifs is 3. The summed E-state index contributed by atoms with van der Waals surface area (Å²) in [5.74, 6) is 0.510. The van der Waals surface area contributed by atoms with Crippen LogP contribution in [0.25, 0.3) is 6.08 Å². The van der Waals surface area contributed by atoms with Gasteiger partial charge in [-0.25, -0.2) is 0 Å². The van der Waals surface area contributed by atoms with Crippen molar-refractivity contribution in [3.05, 3.63) is 64.8 Å². The molecule has 74 valence electrons. The summed E-state index contributed by atoms with van der Waals surface area (Å²) in [6, 6.07) is 6.86. The topological polar surface area (TPSA) is 0 Å². The Morgan fingerprint density at radius 1 is 1.20 bits per heavy atom. The van der Waals surface area contributed by atoms with E-state index in [1.165, 1.54) is 22.3 Å². The van der Waals surface area contributed by atoms with E-state index in [0.29, 0.717) is 5.92 Å². The molecule has 1 unspecified atom stereocenters. The lowest BCUT2D eigenvalue weighted by Gasteiger charge is -2.12. The minimum absolute atomic E-state index is 0.510. The summed E-state index contributed by atoms with van der Waals surface area (Å²) in [5.41, 5.74) is 5.73. The molecule has 3 rings (SSSR count). The Hall–Kier alpha value is -1.56. The molecule has 0 fully saturated rings. The van der Waals surface area contributed by atoms with E-state index in [4.69, 9.17) is 0 Å². The number of aryl methyl sites for hydroxylation is 1. The van der Waals surface area contributed by atoms with Gasteiger partial charge >= 0.3 is 0 Å². The average Bonchev–Trinajstić information content (AvgIpc) is 2.66.